The van der Waals surface area contributed by atoms with Gasteiger partial charge in [0.05, 0.1) is 0 Å². The van der Waals surface area contributed by atoms with Crippen LogP contribution in [0.1, 0.15) is 25.0 Å². The van der Waals surface area contributed by atoms with E-state index in [0.717, 1.165) is 0 Å². The molecular formula is C51H36. The lowest BCUT2D eigenvalue weighted by Crippen LogP contribution is -2.14. The minimum atomic E-state index is -0.0775. The molecule has 0 nitrogen and oxygen atoms in total. The highest BCUT2D eigenvalue weighted by atomic mass is 14.4. The minimum absolute atomic E-state index is 0.0775. The average Bonchev–Trinajstić information content (AvgIpc) is 3.42. The number of fused-ring (bicyclic) bond motifs is 6. The molecule has 0 aliphatic heterocycles. The lowest BCUT2D eigenvalue weighted by atomic mass is 9.80. The van der Waals surface area contributed by atoms with E-state index in [9.17, 15) is 0 Å². The highest BCUT2D eigenvalue weighted by Crippen LogP contribution is 2.51. The fourth-order valence-corrected chi connectivity index (χ4v) is 8.69. The molecule has 0 saturated heterocycles. The van der Waals surface area contributed by atoms with Gasteiger partial charge in [0.25, 0.3) is 0 Å². The van der Waals surface area contributed by atoms with Crippen molar-refractivity contribution in [3.63, 3.8) is 0 Å². The highest BCUT2D eigenvalue weighted by Gasteiger charge is 2.35. The monoisotopic (exact) mass is 648 g/mol. The van der Waals surface area contributed by atoms with E-state index in [2.05, 4.69) is 196 Å². The molecule has 0 aromatic heterocycles. The predicted octanol–water partition coefficient (Wildman–Crippen LogP) is 14.1. The molecule has 10 rings (SSSR count). The molecule has 0 bridgehead atoms. The third kappa shape index (κ3) is 4.68. The van der Waals surface area contributed by atoms with Gasteiger partial charge in [-0.15, -0.1) is 0 Å². The maximum absolute atomic E-state index is 2.48. The van der Waals surface area contributed by atoms with E-state index >= 15 is 0 Å². The van der Waals surface area contributed by atoms with E-state index in [0.29, 0.717) is 0 Å². The van der Waals surface area contributed by atoms with Crippen LogP contribution in [0.3, 0.4) is 0 Å². The first-order valence-corrected chi connectivity index (χ1v) is 17.9. The lowest BCUT2D eigenvalue weighted by molar-refractivity contribution is 0.660. The second kappa shape index (κ2) is 11.4. The second-order valence-electron chi connectivity index (χ2n) is 14.5. The van der Waals surface area contributed by atoms with Gasteiger partial charge in [-0.3, -0.25) is 0 Å². The smallest absolute Gasteiger partial charge is 0.0159 e. The van der Waals surface area contributed by atoms with E-state index in [1.54, 1.807) is 0 Å². The van der Waals surface area contributed by atoms with Crippen LogP contribution in [0.2, 0.25) is 0 Å². The fraction of sp³-hybridized carbons (Fsp3) is 0.0588. The highest BCUT2D eigenvalue weighted by molar-refractivity contribution is 6.22. The third-order valence-corrected chi connectivity index (χ3v) is 11.2. The van der Waals surface area contributed by atoms with Gasteiger partial charge in [-0.25, -0.2) is 0 Å². The van der Waals surface area contributed by atoms with Crippen molar-refractivity contribution in [2.24, 2.45) is 0 Å². The van der Waals surface area contributed by atoms with E-state index in [1.165, 1.54) is 99.1 Å². The first-order valence-electron chi connectivity index (χ1n) is 17.9. The Hall–Kier alpha value is -6.24. The molecule has 240 valence electrons. The van der Waals surface area contributed by atoms with Crippen molar-refractivity contribution in [3.05, 3.63) is 193 Å². The zero-order valence-electron chi connectivity index (χ0n) is 28.8. The molecule has 0 heteroatoms. The van der Waals surface area contributed by atoms with Gasteiger partial charge in [0.15, 0.2) is 0 Å². The van der Waals surface area contributed by atoms with Gasteiger partial charge < -0.3 is 0 Å². The molecule has 0 amide bonds. The first-order chi connectivity index (χ1) is 25.0. The van der Waals surface area contributed by atoms with Crippen LogP contribution in [0.15, 0.2) is 182 Å². The maximum atomic E-state index is 2.48. The summed E-state index contributed by atoms with van der Waals surface area (Å²) in [7, 11) is 0. The zero-order valence-corrected chi connectivity index (χ0v) is 28.8. The Labute approximate surface area is 299 Å². The van der Waals surface area contributed by atoms with E-state index in [4.69, 9.17) is 0 Å². The number of hydrogen-bond donors (Lipinski definition) is 0. The Balaban J connectivity index is 1.25. The van der Waals surface area contributed by atoms with Crippen LogP contribution in [0.5, 0.6) is 0 Å². The second-order valence-corrected chi connectivity index (χ2v) is 14.5. The molecule has 1 aliphatic rings. The Morgan fingerprint density at radius 3 is 1.69 bits per heavy atom. The Kier molecular flexibility index (Phi) is 6.63. The molecule has 9 aromatic carbocycles. The summed E-state index contributed by atoms with van der Waals surface area (Å²) in [4.78, 5) is 0. The van der Waals surface area contributed by atoms with Gasteiger partial charge in [-0.1, -0.05) is 172 Å². The molecule has 51 heavy (non-hydrogen) atoms. The summed E-state index contributed by atoms with van der Waals surface area (Å²) in [5, 5.41) is 7.60. The molecule has 1 aliphatic carbocycles. The van der Waals surface area contributed by atoms with Gasteiger partial charge in [0.1, 0.15) is 0 Å². The standard InChI is InChI=1S/C51H36/c1-51(2)47-22-11-10-19-41(47)42-27-26-40(32-48(42)51)50-44-21-9-8-20-43(44)49(45-28-25-38(31-46(45)50)33-13-4-3-5-14-33)39-18-12-17-36(30-39)37-24-23-34-15-6-7-16-35(34)29-37/h3-32H,1-2H3. The maximum Gasteiger partial charge on any atom is 0.0159 e. The number of rotatable bonds is 4. The van der Waals surface area contributed by atoms with Crippen molar-refractivity contribution in [1.82, 2.24) is 0 Å². The van der Waals surface area contributed by atoms with Crippen molar-refractivity contribution in [1.29, 1.82) is 0 Å². The summed E-state index contributed by atoms with van der Waals surface area (Å²) in [5.41, 5.74) is 15.4. The van der Waals surface area contributed by atoms with Crippen LogP contribution in [-0.2, 0) is 5.41 Å². The van der Waals surface area contributed by atoms with Crippen molar-refractivity contribution in [3.8, 4) is 55.6 Å². The molecule has 0 N–H and O–H groups in total. The Morgan fingerprint density at radius 2 is 0.843 bits per heavy atom. The SMILES string of the molecule is CC1(C)c2ccccc2-c2ccc(-c3c4ccccc4c(-c4cccc(-c5ccc6ccccc6c5)c4)c4ccc(-c5ccccc5)cc34)cc21. The summed E-state index contributed by atoms with van der Waals surface area (Å²) in [6, 6.07) is 67.5. The van der Waals surface area contributed by atoms with Crippen LogP contribution in [0.25, 0.3) is 88.0 Å². The third-order valence-electron chi connectivity index (χ3n) is 11.2. The minimum Gasteiger partial charge on any atom is -0.0622 e. The Morgan fingerprint density at radius 1 is 0.294 bits per heavy atom. The Bertz CT molecular complexity index is 2820. The zero-order chi connectivity index (χ0) is 34.1. The van der Waals surface area contributed by atoms with Crippen LogP contribution in [0.4, 0.5) is 0 Å². The molecule has 0 saturated carbocycles. The summed E-state index contributed by atoms with van der Waals surface area (Å²) in [6.45, 7) is 4.74. The van der Waals surface area contributed by atoms with Crippen LogP contribution in [0, 0.1) is 0 Å². The predicted molar refractivity (Wildman–Crippen MR) is 218 cm³/mol. The molecule has 0 radical (unpaired) electrons. The molecule has 0 atom stereocenters. The van der Waals surface area contributed by atoms with Crippen molar-refractivity contribution in [2.45, 2.75) is 19.3 Å². The number of hydrogen-bond acceptors (Lipinski definition) is 0. The van der Waals surface area contributed by atoms with Gasteiger partial charge in [-0.2, -0.15) is 0 Å². The van der Waals surface area contributed by atoms with E-state index in [-0.39, 0.29) is 5.41 Å². The topological polar surface area (TPSA) is 0 Å². The summed E-state index contributed by atoms with van der Waals surface area (Å²) in [5.74, 6) is 0. The lowest BCUT2D eigenvalue weighted by Gasteiger charge is -2.23. The van der Waals surface area contributed by atoms with Crippen molar-refractivity contribution >= 4 is 32.3 Å². The van der Waals surface area contributed by atoms with Crippen molar-refractivity contribution < 1.29 is 0 Å². The normalized spacial score (nSPS) is 13.1. The van der Waals surface area contributed by atoms with Gasteiger partial charge in [0.2, 0.25) is 0 Å². The summed E-state index contributed by atoms with van der Waals surface area (Å²) < 4.78 is 0. The quantitative estimate of drug-likeness (QED) is 0.167. The van der Waals surface area contributed by atoms with Gasteiger partial charge in [-0.05, 0) is 123 Å². The molecule has 9 aromatic rings. The molecule has 0 heterocycles. The van der Waals surface area contributed by atoms with Gasteiger partial charge >= 0.3 is 0 Å². The van der Waals surface area contributed by atoms with Gasteiger partial charge in [0, 0.05) is 5.41 Å². The number of benzene rings is 9. The van der Waals surface area contributed by atoms with Crippen LogP contribution >= 0.6 is 0 Å². The molecular weight excluding hydrogens is 613 g/mol. The fourth-order valence-electron chi connectivity index (χ4n) is 8.69. The van der Waals surface area contributed by atoms with E-state index in [1.807, 2.05) is 0 Å². The van der Waals surface area contributed by atoms with Crippen molar-refractivity contribution in [2.75, 3.05) is 0 Å². The largest absolute Gasteiger partial charge is 0.0622 e. The van der Waals surface area contributed by atoms with Crippen LogP contribution < -0.4 is 0 Å². The summed E-state index contributed by atoms with van der Waals surface area (Å²) in [6.07, 6.45) is 0. The average molecular weight is 649 g/mol. The van der Waals surface area contributed by atoms with E-state index < -0.39 is 0 Å². The summed E-state index contributed by atoms with van der Waals surface area (Å²) >= 11 is 0. The first kappa shape index (κ1) is 29.7. The molecule has 0 unspecified atom stereocenters. The molecule has 0 fully saturated rings. The van der Waals surface area contributed by atoms with Crippen LogP contribution in [-0.4, -0.2) is 0 Å². The molecule has 0 spiro atoms.